The second-order valence-corrected chi connectivity index (χ2v) is 4.02. The van der Waals surface area contributed by atoms with Gasteiger partial charge in [-0.05, 0) is 24.6 Å². The van der Waals surface area contributed by atoms with E-state index in [1.165, 1.54) is 5.56 Å². The lowest BCUT2D eigenvalue weighted by Gasteiger charge is -2.23. The van der Waals surface area contributed by atoms with E-state index < -0.39 is 0 Å². The molecule has 0 aliphatic rings. The van der Waals surface area contributed by atoms with Gasteiger partial charge >= 0.3 is 0 Å². The van der Waals surface area contributed by atoms with Gasteiger partial charge < -0.3 is 10.0 Å². The topological polar surface area (TPSA) is 23.5 Å². The highest BCUT2D eigenvalue weighted by Gasteiger charge is 2.05. The van der Waals surface area contributed by atoms with E-state index in [1.54, 1.807) is 12.1 Å². The van der Waals surface area contributed by atoms with Crippen LogP contribution in [0.25, 0.3) is 0 Å². The Labute approximate surface area is 102 Å². The van der Waals surface area contributed by atoms with Gasteiger partial charge in [0.25, 0.3) is 0 Å². The van der Waals surface area contributed by atoms with Crippen LogP contribution in [0.3, 0.4) is 0 Å². The van der Waals surface area contributed by atoms with Crippen molar-refractivity contribution >= 4 is 5.69 Å². The number of rotatable bonds is 4. The molecule has 88 valence electrons. The van der Waals surface area contributed by atoms with Gasteiger partial charge in [-0.2, -0.15) is 0 Å². The van der Waals surface area contributed by atoms with Crippen LogP contribution in [0.5, 0.6) is 5.75 Å². The number of nitrogens with zero attached hydrogens (tertiary/aromatic N) is 1. The van der Waals surface area contributed by atoms with Crippen molar-refractivity contribution in [2.75, 3.05) is 11.4 Å². The SMILES string of the molecule is CCN(Cc1ccccc1)c1cccc(O)c1. The molecular formula is C15H17NO. The summed E-state index contributed by atoms with van der Waals surface area (Å²) in [4.78, 5) is 2.23. The summed E-state index contributed by atoms with van der Waals surface area (Å²) in [5, 5.41) is 9.50. The maximum absolute atomic E-state index is 9.50. The van der Waals surface area contributed by atoms with E-state index >= 15 is 0 Å². The molecule has 0 fully saturated rings. The Kier molecular flexibility index (Phi) is 3.66. The lowest BCUT2D eigenvalue weighted by atomic mass is 10.2. The summed E-state index contributed by atoms with van der Waals surface area (Å²) >= 11 is 0. The number of phenolic OH excluding ortho intramolecular Hbond substituents is 1. The molecule has 2 heteroatoms. The first kappa shape index (κ1) is 11.5. The second kappa shape index (κ2) is 5.39. The minimum atomic E-state index is 0.314. The smallest absolute Gasteiger partial charge is 0.117 e. The van der Waals surface area contributed by atoms with Crippen LogP contribution in [0, 0.1) is 0 Å². The van der Waals surface area contributed by atoms with Crippen molar-refractivity contribution in [2.45, 2.75) is 13.5 Å². The summed E-state index contributed by atoms with van der Waals surface area (Å²) in [5.74, 6) is 0.314. The van der Waals surface area contributed by atoms with Crippen LogP contribution < -0.4 is 4.90 Å². The molecule has 0 bridgehead atoms. The van der Waals surface area contributed by atoms with Gasteiger partial charge in [-0.25, -0.2) is 0 Å². The molecule has 0 heterocycles. The third-order valence-electron chi connectivity index (χ3n) is 2.79. The summed E-state index contributed by atoms with van der Waals surface area (Å²) in [6.07, 6.45) is 0. The molecular weight excluding hydrogens is 210 g/mol. The van der Waals surface area contributed by atoms with Crippen molar-refractivity contribution in [3.05, 3.63) is 60.2 Å². The van der Waals surface area contributed by atoms with Crippen molar-refractivity contribution in [3.63, 3.8) is 0 Å². The van der Waals surface area contributed by atoms with Crippen LogP contribution in [-0.4, -0.2) is 11.7 Å². The third kappa shape index (κ3) is 3.00. The van der Waals surface area contributed by atoms with Gasteiger partial charge in [0, 0.05) is 24.8 Å². The van der Waals surface area contributed by atoms with Gasteiger partial charge in [0.05, 0.1) is 0 Å². The summed E-state index contributed by atoms with van der Waals surface area (Å²) in [6, 6.07) is 17.7. The highest BCUT2D eigenvalue weighted by Crippen LogP contribution is 2.21. The lowest BCUT2D eigenvalue weighted by Crippen LogP contribution is -2.21. The number of aromatic hydroxyl groups is 1. The van der Waals surface area contributed by atoms with Crippen molar-refractivity contribution < 1.29 is 5.11 Å². The quantitative estimate of drug-likeness (QED) is 0.865. The summed E-state index contributed by atoms with van der Waals surface area (Å²) in [5.41, 5.74) is 2.33. The molecule has 2 nitrogen and oxygen atoms in total. The number of hydrogen-bond acceptors (Lipinski definition) is 2. The molecule has 0 amide bonds. The Balaban J connectivity index is 2.17. The van der Waals surface area contributed by atoms with Gasteiger partial charge in [0.2, 0.25) is 0 Å². The molecule has 0 saturated heterocycles. The van der Waals surface area contributed by atoms with E-state index in [2.05, 4.69) is 24.0 Å². The van der Waals surface area contributed by atoms with Crippen LogP contribution in [0.1, 0.15) is 12.5 Å². The zero-order chi connectivity index (χ0) is 12.1. The predicted octanol–water partition coefficient (Wildman–Crippen LogP) is 3.42. The molecule has 0 radical (unpaired) electrons. The number of hydrogen-bond donors (Lipinski definition) is 1. The fraction of sp³-hybridized carbons (Fsp3) is 0.200. The Hall–Kier alpha value is -1.96. The maximum Gasteiger partial charge on any atom is 0.117 e. The summed E-state index contributed by atoms with van der Waals surface area (Å²) in [6.45, 7) is 3.89. The first-order valence-corrected chi connectivity index (χ1v) is 5.87. The lowest BCUT2D eigenvalue weighted by molar-refractivity contribution is 0.475. The van der Waals surface area contributed by atoms with Crippen molar-refractivity contribution in [3.8, 4) is 5.75 Å². The molecule has 0 aromatic heterocycles. The van der Waals surface area contributed by atoms with Gasteiger partial charge in [0.15, 0.2) is 0 Å². The summed E-state index contributed by atoms with van der Waals surface area (Å²) < 4.78 is 0. The molecule has 0 aliphatic carbocycles. The van der Waals surface area contributed by atoms with E-state index in [0.29, 0.717) is 5.75 Å². The Morgan fingerprint density at radius 1 is 1.00 bits per heavy atom. The van der Waals surface area contributed by atoms with Gasteiger partial charge in [-0.15, -0.1) is 0 Å². The predicted molar refractivity (Wildman–Crippen MR) is 71.3 cm³/mol. The number of phenols is 1. The van der Waals surface area contributed by atoms with Gasteiger partial charge in [-0.1, -0.05) is 36.4 Å². The molecule has 0 spiro atoms. The van der Waals surface area contributed by atoms with Crippen molar-refractivity contribution in [1.29, 1.82) is 0 Å². The highest BCUT2D eigenvalue weighted by molar-refractivity contribution is 5.50. The zero-order valence-corrected chi connectivity index (χ0v) is 10.0. The monoisotopic (exact) mass is 227 g/mol. The Morgan fingerprint density at radius 2 is 1.76 bits per heavy atom. The molecule has 0 unspecified atom stereocenters. The average Bonchev–Trinajstić information content (AvgIpc) is 2.37. The van der Waals surface area contributed by atoms with Crippen LogP contribution in [0.2, 0.25) is 0 Å². The van der Waals surface area contributed by atoms with Crippen LogP contribution in [0.4, 0.5) is 5.69 Å². The van der Waals surface area contributed by atoms with Crippen LogP contribution in [0.15, 0.2) is 54.6 Å². The largest absolute Gasteiger partial charge is 0.508 e. The van der Waals surface area contributed by atoms with E-state index in [1.807, 2.05) is 30.3 Å². The normalized spacial score (nSPS) is 10.2. The molecule has 2 aromatic carbocycles. The fourth-order valence-electron chi connectivity index (χ4n) is 1.88. The first-order chi connectivity index (χ1) is 8.29. The van der Waals surface area contributed by atoms with Crippen LogP contribution in [-0.2, 0) is 6.54 Å². The van der Waals surface area contributed by atoms with Crippen molar-refractivity contribution in [2.24, 2.45) is 0 Å². The molecule has 17 heavy (non-hydrogen) atoms. The fourth-order valence-corrected chi connectivity index (χ4v) is 1.88. The van der Waals surface area contributed by atoms with E-state index in [9.17, 15) is 5.11 Å². The number of anilines is 1. The Bertz CT molecular complexity index is 467. The van der Waals surface area contributed by atoms with E-state index in [4.69, 9.17) is 0 Å². The highest BCUT2D eigenvalue weighted by atomic mass is 16.3. The van der Waals surface area contributed by atoms with Crippen molar-refractivity contribution in [1.82, 2.24) is 0 Å². The minimum absolute atomic E-state index is 0.314. The second-order valence-electron chi connectivity index (χ2n) is 4.02. The maximum atomic E-state index is 9.50. The standard InChI is InChI=1S/C15H17NO/c1-2-16(12-13-7-4-3-5-8-13)14-9-6-10-15(17)11-14/h3-11,17H,2,12H2,1H3. The molecule has 1 N–H and O–H groups in total. The van der Waals surface area contributed by atoms with Gasteiger partial charge in [-0.3, -0.25) is 0 Å². The van der Waals surface area contributed by atoms with Crippen LogP contribution >= 0.6 is 0 Å². The molecule has 2 aromatic rings. The molecule has 2 rings (SSSR count). The first-order valence-electron chi connectivity index (χ1n) is 5.87. The minimum Gasteiger partial charge on any atom is -0.508 e. The average molecular weight is 227 g/mol. The van der Waals surface area contributed by atoms with Gasteiger partial charge in [0.1, 0.15) is 5.75 Å². The summed E-state index contributed by atoms with van der Waals surface area (Å²) in [7, 11) is 0. The third-order valence-corrected chi connectivity index (χ3v) is 2.79. The Morgan fingerprint density at radius 3 is 2.41 bits per heavy atom. The number of benzene rings is 2. The zero-order valence-electron chi connectivity index (χ0n) is 10.0. The van der Waals surface area contributed by atoms with E-state index in [-0.39, 0.29) is 0 Å². The molecule has 0 saturated carbocycles. The molecule has 0 atom stereocenters. The molecule has 0 aliphatic heterocycles. The van der Waals surface area contributed by atoms with E-state index in [0.717, 1.165) is 18.8 Å².